The number of fused-ring (bicyclic) bond motifs is 3. The lowest BCUT2D eigenvalue weighted by atomic mass is 10.0. The molecule has 5 aromatic rings. The Balaban J connectivity index is 1.26. The fourth-order valence-electron chi connectivity index (χ4n) is 5.20. The maximum atomic E-state index is 12.2. The molecule has 6 N–H and O–H groups in total. The van der Waals surface area contributed by atoms with E-state index in [2.05, 4.69) is 38.5 Å². The van der Waals surface area contributed by atoms with Crippen LogP contribution in [0.4, 0.5) is 11.5 Å². The summed E-state index contributed by atoms with van der Waals surface area (Å²) in [6, 6.07) is 18.1. The first kappa shape index (κ1) is 29.1. The molecule has 16 heteroatoms. The number of aliphatic hydroxyl groups excluding tert-OH is 2. The Labute approximate surface area is 243 Å². The first-order chi connectivity index (χ1) is 19.9. The molecule has 0 spiro atoms. The molecule has 0 bridgehead atoms. The van der Waals surface area contributed by atoms with Crippen LogP contribution in [-0.4, -0.2) is 74.8 Å². The number of halogens is 1. The van der Waals surface area contributed by atoms with E-state index in [1.807, 2.05) is 36.4 Å². The minimum Gasteiger partial charge on any atom is -0.388 e. The van der Waals surface area contributed by atoms with Crippen molar-refractivity contribution in [1.82, 2.24) is 19.5 Å². The van der Waals surface area contributed by atoms with Crippen LogP contribution in [0.3, 0.4) is 0 Å². The lowest BCUT2D eigenvalue weighted by Gasteiger charge is -2.18. The van der Waals surface area contributed by atoms with Crippen molar-refractivity contribution in [2.24, 2.45) is 0 Å². The Kier molecular flexibility index (Phi) is 7.59. The van der Waals surface area contributed by atoms with E-state index in [4.69, 9.17) is 26.1 Å². The number of hydrogen-bond donors (Lipinski definition) is 6. The van der Waals surface area contributed by atoms with Crippen molar-refractivity contribution in [3.63, 3.8) is 0 Å². The summed E-state index contributed by atoms with van der Waals surface area (Å²) in [5, 5.41) is 28.8. The molecule has 3 heterocycles. The summed E-state index contributed by atoms with van der Waals surface area (Å²) in [6.07, 6.45) is -4.59. The van der Waals surface area contributed by atoms with Gasteiger partial charge in [0.1, 0.15) is 18.1 Å². The number of imidazole rings is 1. The van der Waals surface area contributed by atoms with Crippen molar-refractivity contribution in [2.45, 2.75) is 31.0 Å². The van der Waals surface area contributed by atoms with E-state index in [-0.39, 0.29) is 17.4 Å². The van der Waals surface area contributed by atoms with Gasteiger partial charge in [0.25, 0.3) is 0 Å². The number of anilines is 2. The molecule has 0 aliphatic carbocycles. The minimum atomic E-state index is -4.72. The van der Waals surface area contributed by atoms with Crippen LogP contribution in [-0.2, 0) is 13.9 Å². The molecular weight excluding hydrogens is 608 g/mol. The molecule has 1 aliphatic rings. The number of aliphatic hydroxyl groups is 2. The van der Waals surface area contributed by atoms with Gasteiger partial charge >= 0.3 is 7.60 Å². The second kappa shape index (κ2) is 10.9. The molecule has 1 aliphatic heterocycles. The Morgan fingerprint density at radius 1 is 0.929 bits per heavy atom. The van der Waals surface area contributed by atoms with Crippen LogP contribution in [0.5, 0.6) is 0 Å². The van der Waals surface area contributed by atoms with Crippen molar-refractivity contribution >= 4 is 70.8 Å². The third kappa shape index (κ3) is 5.93. The Morgan fingerprint density at radius 3 is 2.33 bits per heavy atom. The van der Waals surface area contributed by atoms with E-state index in [9.17, 15) is 24.2 Å². The second-order valence-electron chi connectivity index (χ2n) is 10.3. The molecule has 0 amide bonds. The summed E-state index contributed by atoms with van der Waals surface area (Å²) in [6.45, 7) is 0. The molecule has 220 valence electrons. The third-order valence-electron chi connectivity index (χ3n) is 7.14. The molecule has 13 nitrogen and oxygen atoms in total. The number of rotatable bonds is 8. The van der Waals surface area contributed by atoms with Crippen LogP contribution in [0.2, 0.25) is 5.28 Å². The van der Waals surface area contributed by atoms with Gasteiger partial charge < -0.3 is 34.9 Å². The predicted octanol–water partition coefficient (Wildman–Crippen LogP) is 3.94. The van der Waals surface area contributed by atoms with Crippen LogP contribution in [0.25, 0.3) is 32.7 Å². The smallest absolute Gasteiger partial charge is 0.335 e. The molecule has 1 saturated heterocycles. The zero-order chi connectivity index (χ0) is 29.8. The van der Waals surface area contributed by atoms with Crippen molar-refractivity contribution in [3.8, 4) is 0 Å². The average Bonchev–Trinajstić information content (AvgIpc) is 3.45. The van der Waals surface area contributed by atoms with Crippen molar-refractivity contribution < 1.29 is 38.8 Å². The Morgan fingerprint density at radius 2 is 1.62 bits per heavy atom. The monoisotopic (exact) mass is 633 g/mol. The summed E-state index contributed by atoms with van der Waals surface area (Å²) >= 11 is 6.25. The van der Waals surface area contributed by atoms with Crippen LogP contribution in [0.1, 0.15) is 12.6 Å². The number of nitrogens with zero attached hydrogens (tertiary/aromatic N) is 4. The topological polar surface area (TPSA) is 200 Å². The van der Waals surface area contributed by atoms with Crippen molar-refractivity contribution in [1.29, 1.82) is 0 Å². The van der Waals surface area contributed by atoms with E-state index in [0.29, 0.717) is 11.3 Å². The minimum absolute atomic E-state index is 0.109. The first-order valence-corrected chi connectivity index (χ1v) is 17.0. The largest absolute Gasteiger partial charge is 0.388 e. The van der Waals surface area contributed by atoms with E-state index < -0.39 is 51.6 Å². The summed E-state index contributed by atoms with van der Waals surface area (Å²) < 4.78 is 30.6. The van der Waals surface area contributed by atoms with Gasteiger partial charge in [0.15, 0.2) is 23.2 Å². The normalized spacial score (nSPS) is 22.6. The fraction of sp³-hybridized carbons (Fsp3) is 0.269. The molecule has 5 atom stereocenters. The van der Waals surface area contributed by atoms with Gasteiger partial charge in [-0.1, -0.05) is 30.3 Å². The van der Waals surface area contributed by atoms with E-state index in [1.165, 1.54) is 10.9 Å². The quantitative estimate of drug-likeness (QED) is 0.0818. The van der Waals surface area contributed by atoms with Crippen LogP contribution in [0, 0.1) is 0 Å². The highest BCUT2D eigenvalue weighted by atomic mass is 35.5. The highest BCUT2D eigenvalue weighted by molar-refractivity contribution is 7.72. The summed E-state index contributed by atoms with van der Waals surface area (Å²) in [5.41, 5.74) is 1.24. The Hall–Kier alpha value is -2.96. The Bertz CT molecular complexity index is 1920. The van der Waals surface area contributed by atoms with Crippen LogP contribution in [0.15, 0.2) is 60.9 Å². The zero-order valence-electron chi connectivity index (χ0n) is 21.7. The maximum Gasteiger partial charge on any atom is 0.335 e. The van der Waals surface area contributed by atoms with E-state index in [1.54, 1.807) is 0 Å². The average molecular weight is 634 g/mol. The van der Waals surface area contributed by atoms with E-state index >= 15 is 0 Å². The van der Waals surface area contributed by atoms with Gasteiger partial charge in [-0.05, 0) is 63.8 Å². The molecule has 2 aromatic heterocycles. The standard InChI is InChI=1S/C26H26ClN5O8P2/c27-26-30-23(29-18-6-5-16-9-14-3-1-2-4-15(14)10-17(16)11-18)20-24(31-26)32(12-28-20)25-22(34)21(33)19(40-25)7-8-41(35,36)13-42(37,38)39/h1-6,9-12,19,21-22,25,33-34H,7-8,13H2,(H,35,36)(H,29,30,31)(H2,37,38,39). The summed E-state index contributed by atoms with van der Waals surface area (Å²) in [4.78, 5) is 41.0. The van der Waals surface area contributed by atoms with Gasteiger partial charge in [0.2, 0.25) is 12.7 Å². The SMILES string of the molecule is O=P(O)(O)CP(=O)(O)CCC1OC(n2cnc3c(Nc4ccc5cc6ccccc6cc5c4)nc(Cl)nc32)C(O)C1O. The third-order valence-corrected chi connectivity index (χ3v) is 11.5. The molecule has 3 aromatic carbocycles. The lowest BCUT2D eigenvalue weighted by molar-refractivity contribution is -0.0354. The van der Waals surface area contributed by atoms with Gasteiger partial charge in [-0.2, -0.15) is 9.97 Å². The maximum absolute atomic E-state index is 12.2. The number of ether oxygens (including phenoxy) is 1. The van der Waals surface area contributed by atoms with Gasteiger partial charge in [0.05, 0.1) is 12.4 Å². The van der Waals surface area contributed by atoms with Crippen LogP contribution >= 0.6 is 26.6 Å². The highest BCUT2D eigenvalue weighted by Crippen LogP contribution is 2.55. The number of hydrogen-bond acceptors (Lipinski definition) is 9. The van der Waals surface area contributed by atoms with Gasteiger partial charge in [0, 0.05) is 11.8 Å². The molecule has 0 radical (unpaired) electrons. The molecule has 42 heavy (non-hydrogen) atoms. The predicted molar refractivity (Wildman–Crippen MR) is 157 cm³/mol. The van der Waals surface area contributed by atoms with E-state index in [0.717, 1.165) is 27.2 Å². The summed E-state index contributed by atoms with van der Waals surface area (Å²) in [7, 11) is -8.93. The van der Waals surface area contributed by atoms with Gasteiger partial charge in [-0.15, -0.1) is 0 Å². The van der Waals surface area contributed by atoms with Gasteiger partial charge in [-0.25, -0.2) is 4.98 Å². The zero-order valence-corrected chi connectivity index (χ0v) is 24.3. The molecule has 6 rings (SSSR count). The number of benzene rings is 3. The fourth-order valence-corrected chi connectivity index (χ4v) is 8.89. The molecule has 1 fully saturated rings. The highest BCUT2D eigenvalue weighted by Gasteiger charge is 2.45. The first-order valence-electron chi connectivity index (χ1n) is 12.8. The molecular formula is C26H26ClN5O8P2. The molecule has 5 unspecified atom stereocenters. The number of aromatic nitrogens is 4. The summed E-state index contributed by atoms with van der Waals surface area (Å²) in [5.74, 6) is -0.882. The van der Waals surface area contributed by atoms with Crippen molar-refractivity contribution in [2.75, 3.05) is 17.4 Å². The van der Waals surface area contributed by atoms with Crippen molar-refractivity contribution in [3.05, 3.63) is 66.2 Å². The number of nitrogens with one attached hydrogen (secondary N) is 1. The van der Waals surface area contributed by atoms with Crippen LogP contribution < -0.4 is 5.32 Å². The second-order valence-corrected chi connectivity index (χ2v) is 15.2. The van der Waals surface area contributed by atoms with Gasteiger partial charge in [-0.3, -0.25) is 13.7 Å². The molecule has 0 saturated carbocycles. The lowest BCUT2D eigenvalue weighted by Crippen LogP contribution is -2.32.